The van der Waals surface area contributed by atoms with E-state index in [1.54, 1.807) is 24.2 Å². The Hall–Kier alpha value is -0.640. The van der Waals surface area contributed by atoms with Gasteiger partial charge in [0.1, 0.15) is 0 Å². The van der Waals surface area contributed by atoms with E-state index in [0.717, 1.165) is 5.17 Å². The number of aliphatic imine (C=N–C) groups is 1. The minimum absolute atomic E-state index is 0.896. The van der Waals surface area contributed by atoms with Crippen LogP contribution >= 0.6 is 11.8 Å². The second-order valence-corrected chi connectivity index (χ2v) is 2.02. The first kappa shape index (κ1) is 5.50. The van der Waals surface area contributed by atoms with Crippen molar-refractivity contribution >= 4 is 16.9 Å². The van der Waals surface area contributed by atoms with Gasteiger partial charge in [-0.1, -0.05) is 11.8 Å². The molecule has 44 valence electrons. The molecule has 0 aromatic carbocycles. The fourth-order valence-corrected chi connectivity index (χ4v) is 0.709. The highest BCUT2D eigenvalue weighted by atomic mass is 32.2. The zero-order valence-electron chi connectivity index (χ0n) is 4.51. The van der Waals surface area contributed by atoms with Crippen molar-refractivity contribution in [2.75, 3.05) is 6.26 Å². The molecule has 0 aromatic rings. The molecule has 8 heavy (non-hydrogen) atoms. The maximum Gasteiger partial charge on any atom is 0.179 e. The van der Waals surface area contributed by atoms with Crippen LogP contribution in [0.2, 0.25) is 0 Å². The van der Waals surface area contributed by atoms with Crippen LogP contribution < -0.4 is 10.9 Å². The van der Waals surface area contributed by atoms with Crippen molar-refractivity contribution < 1.29 is 0 Å². The maximum absolute atomic E-state index is 3.97. The number of rotatable bonds is 0. The summed E-state index contributed by atoms with van der Waals surface area (Å²) in [7, 11) is 0. The van der Waals surface area contributed by atoms with E-state index in [0.29, 0.717) is 0 Å². The molecule has 0 bridgehead atoms. The van der Waals surface area contributed by atoms with Gasteiger partial charge < -0.3 is 5.43 Å². The van der Waals surface area contributed by atoms with E-state index in [1.165, 1.54) is 0 Å². The number of hydrazine groups is 1. The van der Waals surface area contributed by atoms with Crippen LogP contribution in [0.25, 0.3) is 0 Å². The molecule has 0 aromatic heterocycles. The second-order valence-electron chi connectivity index (χ2n) is 1.22. The SMILES string of the molecule is CSC1=NC=CNN1. The third-order valence-electron chi connectivity index (χ3n) is 0.722. The van der Waals surface area contributed by atoms with E-state index in [1.807, 2.05) is 6.26 Å². The van der Waals surface area contributed by atoms with Crippen molar-refractivity contribution in [3.63, 3.8) is 0 Å². The molecular formula is C4H7N3S. The van der Waals surface area contributed by atoms with Crippen molar-refractivity contribution in [3.8, 4) is 0 Å². The predicted octanol–water partition coefficient (Wildman–Crippen LogP) is 0.284. The summed E-state index contributed by atoms with van der Waals surface area (Å²) >= 11 is 1.57. The molecule has 2 N–H and O–H groups in total. The normalized spacial score (nSPS) is 16.4. The molecule has 0 amide bonds. The summed E-state index contributed by atoms with van der Waals surface area (Å²) in [5.41, 5.74) is 5.65. The fraction of sp³-hybridized carbons (Fsp3) is 0.250. The number of nitrogens with one attached hydrogen (secondary N) is 2. The van der Waals surface area contributed by atoms with Gasteiger partial charge in [-0.2, -0.15) is 0 Å². The van der Waals surface area contributed by atoms with Crippen LogP contribution in [-0.2, 0) is 0 Å². The minimum atomic E-state index is 0.896. The van der Waals surface area contributed by atoms with Crippen molar-refractivity contribution in [3.05, 3.63) is 12.4 Å². The molecule has 0 saturated heterocycles. The van der Waals surface area contributed by atoms with Gasteiger partial charge in [0.25, 0.3) is 0 Å². The van der Waals surface area contributed by atoms with E-state index < -0.39 is 0 Å². The highest BCUT2D eigenvalue weighted by molar-refractivity contribution is 8.13. The Balaban J connectivity index is 2.50. The van der Waals surface area contributed by atoms with Crippen LogP contribution in [0.15, 0.2) is 17.4 Å². The summed E-state index contributed by atoms with van der Waals surface area (Å²) < 4.78 is 0. The number of thioether (sulfide) groups is 1. The van der Waals surface area contributed by atoms with Crippen molar-refractivity contribution in [2.24, 2.45) is 4.99 Å². The van der Waals surface area contributed by atoms with Gasteiger partial charge in [0.05, 0.1) is 0 Å². The van der Waals surface area contributed by atoms with Gasteiger partial charge in [0.2, 0.25) is 0 Å². The molecular weight excluding hydrogens is 122 g/mol. The molecule has 0 unspecified atom stereocenters. The smallest absolute Gasteiger partial charge is 0.179 e. The average molecular weight is 129 g/mol. The highest BCUT2D eigenvalue weighted by Crippen LogP contribution is 1.95. The monoisotopic (exact) mass is 129 g/mol. The zero-order valence-corrected chi connectivity index (χ0v) is 5.33. The topological polar surface area (TPSA) is 36.4 Å². The Labute approximate surface area is 52.2 Å². The van der Waals surface area contributed by atoms with Gasteiger partial charge in [0, 0.05) is 12.4 Å². The molecule has 1 aliphatic heterocycles. The van der Waals surface area contributed by atoms with Gasteiger partial charge in [-0.25, -0.2) is 4.99 Å². The van der Waals surface area contributed by atoms with Crippen LogP contribution in [0.1, 0.15) is 0 Å². The maximum atomic E-state index is 3.97. The lowest BCUT2D eigenvalue weighted by Gasteiger charge is -2.07. The van der Waals surface area contributed by atoms with Crippen molar-refractivity contribution in [2.45, 2.75) is 0 Å². The molecule has 3 nitrogen and oxygen atoms in total. The molecule has 0 radical (unpaired) electrons. The number of amidine groups is 1. The lowest BCUT2D eigenvalue weighted by molar-refractivity contribution is 0.813. The third-order valence-corrected chi connectivity index (χ3v) is 1.32. The second kappa shape index (κ2) is 2.61. The highest BCUT2D eigenvalue weighted by Gasteiger charge is 1.92. The van der Waals surface area contributed by atoms with Crippen LogP contribution in [-0.4, -0.2) is 11.4 Å². The summed E-state index contributed by atoms with van der Waals surface area (Å²) in [4.78, 5) is 3.97. The Morgan fingerprint density at radius 1 is 1.75 bits per heavy atom. The third kappa shape index (κ3) is 1.16. The Bertz CT molecular complexity index is 129. The predicted molar refractivity (Wildman–Crippen MR) is 36.4 cm³/mol. The standard InChI is InChI=1S/C4H7N3S/c1-8-4-5-2-3-6-7-4/h2-3,6H,1H3,(H,5,7). The summed E-state index contributed by atoms with van der Waals surface area (Å²) in [5, 5.41) is 0.896. The first-order chi connectivity index (χ1) is 3.93. The molecule has 0 aliphatic carbocycles. The Morgan fingerprint density at radius 3 is 3.00 bits per heavy atom. The summed E-state index contributed by atoms with van der Waals surface area (Å²) in [5.74, 6) is 0. The van der Waals surface area contributed by atoms with Crippen molar-refractivity contribution in [1.82, 2.24) is 10.9 Å². The van der Waals surface area contributed by atoms with Gasteiger partial charge in [-0.05, 0) is 6.26 Å². The summed E-state index contributed by atoms with van der Waals surface area (Å²) in [6.07, 6.45) is 5.41. The van der Waals surface area contributed by atoms with Crippen LogP contribution in [0.4, 0.5) is 0 Å². The summed E-state index contributed by atoms with van der Waals surface area (Å²) in [6.45, 7) is 0. The van der Waals surface area contributed by atoms with Gasteiger partial charge in [-0.15, -0.1) is 0 Å². The molecule has 0 spiro atoms. The fourth-order valence-electron chi connectivity index (χ4n) is 0.382. The largest absolute Gasteiger partial charge is 0.305 e. The van der Waals surface area contributed by atoms with Crippen LogP contribution in [0, 0.1) is 0 Å². The van der Waals surface area contributed by atoms with Gasteiger partial charge in [0.15, 0.2) is 5.17 Å². The molecule has 4 heteroatoms. The first-order valence-electron chi connectivity index (χ1n) is 2.22. The van der Waals surface area contributed by atoms with Gasteiger partial charge in [-0.3, -0.25) is 5.43 Å². The van der Waals surface area contributed by atoms with Gasteiger partial charge >= 0.3 is 0 Å². The molecule has 1 rings (SSSR count). The Kier molecular flexibility index (Phi) is 1.80. The van der Waals surface area contributed by atoms with E-state index >= 15 is 0 Å². The van der Waals surface area contributed by atoms with E-state index in [4.69, 9.17) is 0 Å². The van der Waals surface area contributed by atoms with Crippen molar-refractivity contribution in [1.29, 1.82) is 0 Å². The summed E-state index contributed by atoms with van der Waals surface area (Å²) in [6, 6.07) is 0. The van der Waals surface area contributed by atoms with Crippen LogP contribution in [0.5, 0.6) is 0 Å². The first-order valence-corrected chi connectivity index (χ1v) is 3.44. The lowest BCUT2D eigenvalue weighted by atomic mass is 10.9. The molecule has 1 aliphatic rings. The lowest BCUT2D eigenvalue weighted by Crippen LogP contribution is -2.33. The number of hydrogen-bond acceptors (Lipinski definition) is 4. The molecule has 0 fully saturated rings. The average Bonchev–Trinajstić information content (AvgIpc) is 1.90. The van der Waals surface area contributed by atoms with Crippen LogP contribution in [0.3, 0.4) is 0 Å². The quantitative estimate of drug-likeness (QED) is 0.493. The molecule has 1 heterocycles. The zero-order chi connectivity index (χ0) is 5.82. The Morgan fingerprint density at radius 2 is 2.62 bits per heavy atom. The van der Waals surface area contributed by atoms with E-state index in [2.05, 4.69) is 15.8 Å². The molecule has 0 atom stereocenters. The molecule has 0 saturated carbocycles. The van der Waals surface area contributed by atoms with E-state index in [-0.39, 0.29) is 0 Å². The number of hydrogen-bond donors (Lipinski definition) is 2. The minimum Gasteiger partial charge on any atom is -0.305 e. The number of nitrogens with zero attached hydrogens (tertiary/aromatic N) is 1. The van der Waals surface area contributed by atoms with E-state index in [9.17, 15) is 0 Å².